The summed E-state index contributed by atoms with van der Waals surface area (Å²) < 4.78 is 8.43. The van der Waals surface area contributed by atoms with Gasteiger partial charge in [0.2, 0.25) is 0 Å². The van der Waals surface area contributed by atoms with Crippen molar-refractivity contribution in [2.24, 2.45) is 0 Å². The number of H-pyrrole nitrogens is 1. The van der Waals surface area contributed by atoms with Crippen molar-refractivity contribution in [1.82, 2.24) is 14.8 Å². The summed E-state index contributed by atoms with van der Waals surface area (Å²) in [6.07, 6.45) is 2.58. The third kappa shape index (κ3) is 1.93. The molecule has 108 valence electrons. The number of rotatable bonds is 1. The summed E-state index contributed by atoms with van der Waals surface area (Å²) in [6.45, 7) is 3.40. The lowest BCUT2D eigenvalue weighted by atomic mass is 10.1. The van der Waals surface area contributed by atoms with E-state index in [2.05, 4.69) is 32.1 Å². The zero-order valence-electron chi connectivity index (χ0n) is 11.5. The molecular formula is C15H14BrN3O2. The van der Waals surface area contributed by atoms with Crippen LogP contribution in [0.1, 0.15) is 18.0 Å². The highest BCUT2D eigenvalue weighted by Crippen LogP contribution is 2.30. The van der Waals surface area contributed by atoms with E-state index < -0.39 is 0 Å². The molecule has 1 aromatic carbocycles. The van der Waals surface area contributed by atoms with Gasteiger partial charge in [0, 0.05) is 16.5 Å². The third-order valence-electron chi connectivity index (χ3n) is 4.09. The molecule has 1 saturated heterocycles. The second kappa shape index (κ2) is 4.68. The molecule has 21 heavy (non-hydrogen) atoms. The molecule has 1 N–H and O–H groups in total. The number of ether oxygens (including phenoxy) is 1. The topological polar surface area (TPSA) is 59.9 Å². The van der Waals surface area contributed by atoms with Crippen LogP contribution >= 0.6 is 15.9 Å². The van der Waals surface area contributed by atoms with Gasteiger partial charge in [-0.1, -0.05) is 15.9 Å². The van der Waals surface area contributed by atoms with Crippen LogP contribution in [0, 0.1) is 6.92 Å². The standard InChI is InChI=1S/C15H14BrN3O2/c1-8-4-13-10(5-12(8)16)14-11(15(20)18-13)6-17-19(14)9-2-3-21-7-9/h4-6,9H,2-3,7H2,1H3,(H,18,20)/t9-/m0/s1. The van der Waals surface area contributed by atoms with Crippen LogP contribution in [0.5, 0.6) is 0 Å². The van der Waals surface area contributed by atoms with E-state index in [0.29, 0.717) is 12.0 Å². The average Bonchev–Trinajstić information content (AvgIpc) is 3.09. The summed E-state index contributed by atoms with van der Waals surface area (Å²) in [5.41, 5.74) is 2.73. The molecule has 0 saturated carbocycles. The number of nitrogens with zero attached hydrogens (tertiary/aromatic N) is 2. The number of aromatic nitrogens is 3. The number of halogens is 1. The van der Waals surface area contributed by atoms with E-state index >= 15 is 0 Å². The number of pyridine rings is 1. The van der Waals surface area contributed by atoms with E-state index in [1.54, 1.807) is 6.20 Å². The van der Waals surface area contributed by atoms with Gasteiger partial charge in [0.1, 0.15) is 0 Å². The SMILES string of the molecule is Cc1cc2[nH]c(=O)c3cnn([C@H]4CCOC4)c3c2cc1Br. The Balaban J connectivity index is 2.13. The van der Waals surface area contributed by atoms with Gasteiger partial charge in [0.25, 0.3) is 5.56 Å². The molecule has 1 fully saturated rings. The Bertz CT molecular complexity index is 907. The Morgan fingerprint density at radius 2 is 2.29 bits per heavy atom. The van der Waals surface area contributed by atoms with Crippen molar-refractivity contribution in [3.8, 4) is 0 Å². The Morgan fingerprint density at radius 1 is 1.43 bits per heavy atom. The molecule has 1 aliphatic rings. The fourth-order valence-electron chi connectivity index (χ4n) is 2.96. The number of hydrogen-bond acceptors (Lipinski definition) is 3. The van der Waals surface area contributed by atoms with Gasteiger partial charge in [-0.25, -0.2) is 0 Å². The maximum Gasteiger partial charge on any atom is 0.259 e. The molecule has 3 heterocycles. The van der Waals surface area contributed by atoms with E-state index in [4.69, 9.17) is 4.74 Å². The summed E-state index contributed by atoms with van der Waals surface area (Å²) >= 11 is 3.57. The Morgan fingerprint density at radius 3 is 3.05 bits per heavy atom. The predicted octanol–water partition coefficient (Wildman–Crippen LogP) is 2.91. The van der Waals surface area contributed by atoms with Gasteiger partial charge < -0.3 is 9.72 Å². The molecule has 2 aromatic heterocycles. The van der Waals surface area contributed by atoms with Crippen molar-refractivity contribution in [2.45, 2.75) is 19.4 Å². The van der Waals surface area contributed by atoms with E-state index in [9.17, 15) is 4.79 Å². The molecule has 4 rings (SSSR count). The summed E-state index contributed by atoms with van der Waals surface area (Å²) in [5, 5.41) is 6.08. The first-order chi connectivity index (χ1) is 10.1. The van der Waals surface area contributed by atoms with Crippen LogP contribution in [0.2, 0.25) is 0 Å². The van der Waals surface area contributed by atoms with Crippen LogP contribution < -0.4 is 5.56 Å². The van der Waals surface area contributed by atoms with Crippen LogP contribution in [0.15, 0.2) is 27.6 Å². The van der Waals surface area contributed by atoms with Crippen LogP contribution in [0.4, 0.5) is 0 Å². The smallest absolute Gasteiger partial charge is 0.259 e. The molecule has 0 spiro atoms. The maximum absolute atomic E-state index is 12.3. The second-order valence-corrected chi connectivity index (χ2v) is 6.32. The molecule has 6 heteroatoms. The van der Waals surface area contributed by atoms with Gasteiger partial charge in [0.05, 0.1) is 35.3 Å². The Hall–Kier alpha value is -1.66. The molecule has 0 amide bonds. The van der Waals surface area contributed by atoms with Gasteiger partial charge in [0.15, 0.2) is 0 Å². The summed E-state index contributed by atoms with van der Waals surface area (Å²) in [5.74, 6) is 0. The fourth-order valence-corrected chi connectivity index (χ4v) is 3.30. The fraction of sp³-hybridized carbons (Fsp3) is 0.333. The second-order valence-electron chi connectivity index (χ2n) is 5.47. The largest absolute Gasteiger partial charge is 0.379 e. The van der Waals surface area contributed by atoms with Gasteiger partial charge in [-0.05, 0) is 31.0 Å². The van der Waals surface area contributed by atoms with Crippen LogP contribution in [-0.2, 0) is 4.74 Å². The molecule has 0 bridgehead atoms. The summed E-state index contributed by atoms with van der Waals surface area (Å²) in [4.78, 5) is 15.2. The zero-order chi connectivity index (χ0) is 14.6. The number of aryl methyl sites for hydroxylation is 1. The molecule has 1 atom stereocenters. The zero-order valence-corrected chi connectivity index (χ0v) is 13.1. The Kier molecular flexibility index (Phi) is 2.90. The molecule has 3 aromatic rings. The molecule has 5 nitrogen and oxygen atoms in total. The minimum Gasteiger partial charge on any atom is -0.379 e. The van der Waals surface area contributed by atoms with E-state index in [1.807, 2.05) is 17.7 Å². The van der Waals surface area contributed by atoms with Gasteiger partial charge >= 0.3 is 0 Å². The maximum atomic E-state index is 12.3. The summed E-state index contributed by atoms with van der Waals surface area (Å²) in [6, 6.07) is 4.24. The molecule has 1 aliphatic heterocycles. The first-order valence-corrected chi connectivity index (χ1v) is 7.71. The first kappa shape index (κ1) is 13.0. The third-order valence-corrected chi connectivity index (χ3v) is 4.95. The van der Waals surface area contributed by atoms with Gasteiger partial charge in [-0.3, -0.25) is 9.48 Å². The van der Waals surface area contributed by atoms with Crippen molar-refractivity contribution < 1.29 is 4.74 Å². The monoisotopic (exact) mass is 347 g/mol. The number of fused-ring (bicyclic) bond motifs is 3. The van der Waals surface area contributed by atoms with E-state index in [1.165, 1.54) is 0 Å². The van der Waals surface area contributed by atoms with E-state index in [-0.39, 0.29) is 11.6 Å². The Labute approximate surface area is 129 Å². The van der Waals surface area contributed by atoms with Crippen molar-refractivity contribution in [3.63, 3.8) is 0 Å². The average molecular weight is 348 g/mol. The molecule has 0 unspecified atom stereocenters. The predicted molar refractivity (Wildman–Crippen MR) is 84.8 cm³/mol. The van der Waals surface area contributed by atoms with Gasteiger partial charge in [-0.15, -0.1) is 0 Å². The molecule has 0 radical (unpaired) electrons. The van der Waals surface area contributed by atoms with Crippen LogP contribution in [0.25, 0.3) is 21.8 Å². The lowest BCUT2D eigenvalue weighted by molar-refractivity contribution is 0.185. The van der Waals surface area contributed by atoms with E-state index in [0.717, 1.165) is 39.5 Å². The number of hydrogen-bond donors (Lipinski definition) is 1. The molecule has 0 aliphatic carbocycles. The highest BCUT2D eigenvalue weighted by atomic mass is 79.9. The van der Waals surface area contributed by atoms with Crippen molar-refractivity contribution in [3.05, 3.63) is 38.7 Å². The quantitative estimate of drug-likeness (QED) is 0.736. The van der Waals surface area contributed by atoms with Gasteiger partial charge in [-0.2, -0.15) is 5.10 Å². The summed E-state index contributed by atoms with van der Waals surface area (Å²) in [7, 11) is 0. The lowest BCUT2D eigenvalue weighted by Gasteiger charge is -2.12. The van der Waals surface area contributed by atoms with Crippen LogP contribution in [-0.4, -0.2) is 28.0 Å². The minimum absolute atomic E-state index is 0.0932. The van der Waals surface area contributed by atoms with Crippen molar-refractivity contribution >= 4 is 37.7 Å². The number of benzene rings is 1. The minimum atomic E-state index is -0.0932. The molecular weight excluding hydrogens is 334 g/mol. The normalized spacial score (nSPS) is 18.9. The number of aromatic amines is 1. The number of nitrogens with one attached hydrogen (secondary N) is 1. The first-order valence-electron chi connectivity index (χ1n) is 6.92. The lowest BCUT2D eigenvalue weighted by Crippen LogP contribution is -2.12. The van der Waals surface area contributed by atoms with Crippen molar-refractivity contribution in [1.29, 1.82) is 0 Å². The van der Waals surface area contributed by atoms with Crippen LogP contribution in [0.3, 0.4) is 0 Å². The highest BCUT2D eigenvalue weighted by Gasteiger charge is 2.22. The highest BCUT2D eigenvalue weighted by molar-refractivity contribution is 9.10. The van der Waals surface area contributed by atoms with Crippen molar-refractivity contribution in [2.75, 3.05) is 13.2 Å².